The monoisotopic (exact) mass is 359 g/mol. The number of hydrogen-bond donors (Lipinski definition) is 1. The fraction of sp³-hybridized carbons (Fsp3) is 0.556. The van der Waals surface area contributed by atoms with E-state index in [0.717, 1.165) is 44.2 Å². The van der Waals surface area contributed by atoms with E-state index in [4.69, 9.17) is 4.74 Å². The van der Waals surface area contributed by atoms with Gasteiger partial charge in [0.25, 0.3) is 5.91 Å². The van der Waals surface area contributed by atoms with Gasteiger partial charge in [-0.15, -0.1) is 0 Å². The van der Waals surface area contributed by atoms with Crippen LogP contribution >= 0.6 is 0 Å². The van der Waals surface area contributed by atoms with E-state index in [0.29, 0.717) is 0 Å². The molecule has 0 radical (unpaired) electrons. The van der Waals surface area contributed by atoms with Crippen LogP contribution in [0.5, 0.6) is 0 Å². The van der Waals surface area contributed by atoms with Crippen LogP contribution in [-0.4, -0.2) is 24.5 Å². The van der Waals surface area contributed by atoms with Crippen LogP contribution in [0.1, 0.15) is 61.9 Å². The second-order valence-electron chi connectivity index (χ2n) is 5.82. The average Bonchev–Trinajstić information content (AvgIpc) is 2.56. The Bertz CT molecular complexity index is 573. The third kappa shape index (κ3) is 7.15. The predicted octanol–water partition coefficient (Wildman–Crippen LogP) is 4.34. The van der Waals surface area contributed by atoms with E-state index in [1.54, 1.807) is 0 Å². The van der Waals surface area contributed by atoms with Gasteiger partial charge in [-0.3, -0.25) is 4.79 Å². The first kappa shape index (κ1) is 21.0. The van der Waals surface area contributed by atoms with Crippen molar-refractivity contribution in [3.8, 4) is 0 Å². The quantitative estimate of drug-likeness (QED) is 0.527. The molecule has 1 aromatic rings. The Morgan fingerprint density at radius 1 is 1.12 bits per heavy atom. The highest BCUT2D eigenvalue weighted by Crippen LogP contribution is 2.31. The van der Waals surface area contributed by atoms with Crippen molar-refractivity contribution in [2.45, 2.75) is 58.2 Å². The molecule has 1 rings (SSSR count). The maximum Gasteiger partial charge on any atom is 0.417 e. The molecule has 0 bridgehead atoms. The van der Waals surface area contributed by atoms with Crippen molar-refractivity contribution in [3.05, 3.63) is 35.4 Å². The Kier molecular flexibility index (Phi) is 8.45. The first-order valence-electron chi connectivity index (χ1n) is 8.41. The van der Waals surface area contributed by atoms with Gasteiger partial charge in [-0.1, -0.05) is 44.7 Å². The fourth-order valence-corrected chi connectivity index (χ4v) is 2.27. The third-order valence-electron chi connectivity index (χ3n) is 3.67. The van der Waals surface area contributed by atoms with Crippen LogP contribution in [0.2, 0.25) is 0 Å². The molecule has 1 amide bonds. The van der Waals surface area contributed by atoms with Gasteiger partial charge >= 0.3 is 12.1 Å². The molecule has 0 aliphatic carbocycles. The summed E-state index contributed by atoms with van der Waals surface area (Å²) in [5.41, 5.74) is -1.56. The molecule has 1 atom stereocenters. The zero-order valence-corrected chi connectivity index (χ0v) is 14.5. The Balaban J connectivity index is 2.53. The molecule has 0 saturated carbocycles. The second-order valence-corrected chi connectivity index (χ2v) is 5.82. The molecule has 0 fully saturated rings. The molecule has 140 valence electrons. The van der Waals surface area contributed by atoms with E-state index in [9.17, 15) is 22.8 Å². The minimum atomic E-state index is -4.64. The van der Waals surface area contributed by atoms with Gasteiger partial charge in [0.1, 0.15) is 6.04 Å². The summed E-state index contributed by atoms with van der Waals surface area (Å²) in [6, 6.07) is 3.42. The Labute approximate surface area is 145 Å². The van der Waals surface area contributed by atoms with Gasteiger partial charge in [-0.05, 0) is 25.5 Å². The molecular formula is C18H24F3NO3. The molecule has 4 nitrogen and oxygen atoms in total. The summed E-state index contributed by atoms with van der Waals surface area (Å²) in [6.45, 7) is 3.72. The van der Waals surface area contributed by atoms with E-state index >= 15 is 0 Å². The van der Waals surface area contributed by atoms with Crippen LogP contribution in [0.15, 0.2) is 24.3 Å². The number of esters is 1. The topological polar surface area (TPSA) is 55.4 Å². The van der Waals surface area contributed by atoms with Crippen molar-refractivity contribution in [1.82, 2.24) is 5.32 Å². The molecule has 0 saturated heterocycles. The highest BCUT2D eigenvalue weighted by atomic mass is 19.4. The fourth-order valence-electron chi connectivity index (χ4n) is 2.27. The van der Waals surface area contributed by atoms with Crippen LogP contribution < -0.4 is 5.32 Å². The molecule has 1 aromatic carbocycles. The van der Waals surface area contributed by atoms with Crippen LogP contribution in [0.4, 0.5) is 13.2 Å². The SMILES string of the molecule is CCCCCCCOC(=O)[C@H](C)NC(=O)c1ccccc1C(F)(F)F. The number of halogens is 3. The maximum absolute atomic E-state index is 12.9. The lowest BCUT2D eigenvalue weighted by molar-refractivity contribution is -0.145. The van der Waals surface area contributed by atoms with Crippen molar-refractivity contribution in [2.24, 2.45) is 0 Å². The second kappa shape index (κ2) is 10.1. The van der Waals surface area contributed by atoms with Gasteiger partial charge in [0.05, 0.1) is 17.7 Å². The van der Waals surface area contributed by atoms with Gasteiger partial charge in [-0.25, -0.2) is 4.79 Å². The molecule has 7 heteroatoms. The number of benzene rings is 1. The van der Waals surface area contributed by atoms with Crippen molar-refractivity contribution >= 4 is 11.9 Å². The van der Waals surface area contributed by atoms with E-state index in [-0.39, 0.29) is 6.61 Å². The highest BCUT2D eigenvalue weighted by Gasteiger charge is 2.35. The molecule has 25 heavy (non-hydrogen) atoms. The lowest BCUT2D eigenvalue weighted by atomic mass is 10.1. The molecule has 0 spiro atoms. The first-order valence-corrected chi connectivity index (χ1v) is 8.41. The summed E-state index contributed by atoms with van der Waals surface area (Å²) in [5, 5.41) is 2.26. The van der Waals surface area contributed by atoms with Gasteiger partial charge in [0, 0.05) is 0 Å². The molecule has 0 unspecified atom stereocenters. The average molecular weight is 359 g/mol. The summed E-state index contributed by atoms with van der Waals surface area (Å²) in [5.74, 6) is -1.62. The maximum atomic E-state index is 12.9. The Morgan fingerprint density at radius 2 is 1.76 bits per heavy atom. The summed E-state index contributed by atoms with van der Waals surface area (Å²) in [7, 11) is 0. The van der Waals surface area contributed by atoms with Crippen molar-refractivity contribution in [1.29, 1.82) is 0 Å². The van der Waals surface area contributed by atoms with Gasteiger partial charge in [0.15, 0.2) is 0 Å². The zero-order valence-electron chi connectivity index (χ0n) is 14.5. The zero-order chi connectivity index (χ0) is 18.9. The standard InChI is InChI=1S/C18H24F3NO3/c1-3-4-5-6-9-12-25-17(24)13(2)22-16(23)14-10-7-8-11-15(14)18(19,20)21/h7-8,10-11,13H,3-6,9,12H2,1-2H3,(H,22,23)/t13-/m0/s1. The minimum Gasteiger partial charge on any atom is -0.464 e. The number of nitrogens with one attached hydrogen (secondary N) is 1. The van der Waals surface area contributed by atoms with Crippen LogP contribution in [0.3, 0.4) is 0 Å². The molecule has 1 N–H and O–H groups in total. The first-order chi connectivity index (χ1) is 11.8. The summed E-state index contributed by atoms with van der Waals surface area (Å²) in [6.07, 6.45) is 0.330. The number of amides is 1. The van der Waals surface area contributed by atoms with E-state index in [1.165, 1.54) is 19.1 Å². The van der Waals surface area contributed by atoms with Crippen LogP contribution in [0, 0.1) is 0 Å². The van der Waals surface area contributed by atoms with Crippen LogP contribution in [0.25, 0.3) is 0 Å². The number of alkyl halides is 3. The lowest BCUT2D eigenvalue weighted by Crippen LogP contribution is -2.40. The van der Waals surface area contributed by atoms with Gasteiger partial charge in [-0.2, -0.15) is 13.2 Å². The summed E-state index contributed by atoms with van der Waals surface area (Å²) >= 11 is 0. The number of hydrogen-bond acceptors (Lipinski definition) is 3. The molecule has 0 aliphatic rings. The summed E-state index contributed by atoms with van der Waals surface area (Å²) in [4.78, 5) is 23.9. The number of carbonyl (C=O) groups excluding carboxylic acids is 2. The number of rotatable bonds is 9. The molecule has 0 heterocycles. The largest absolute Gasteiger partial charge is 0.464 e. The third-order valence-corrected chi connectivity index (χ3v) is 3.67. The normalized spacial score (nSPS) is 12.5. The van der Waals surface area contributed by atoms with Crippen molar-refractivity contribution < 1.29 is 27.5 Å². The predicted molar refractivity (Wildman–Crippen MR) is 88.1 cm³/mol. The van der Waals surface area contributed by atoms with E-state index < -0.39 is 35.2 Å². The molecule has 0 aliphatic heterocycles. The number of ether oxygens (including phenoxy) is 1. The lowest BCUT2D eigenvalue weighted by Gasteiger charge is -2.16. The minimum absolute atomic E-state index is 0.238. The number of carbonyl (C=O) groups is 2. The van der Waals surface area contributed by atoms with E-state index in [1.807, 2.05) is 0 Å². The molecular weight excluding hydrogens is 335 g/mol. The van der Waals surface area contributed by atoms with Crippen molar-refractivity contribution in [2.75, 3.05) is 6.61 Å². The smallest absolute Gasteiger partial charge is 0.417 e. The van der Waals surface area contributed by atoms with Gasteiger partial charge in [0.2, 0.25) is 0 Å². The van der Waals surface area contributed by atoms with Crippen LogP contribution in [-0.2, 0) is 15.7 Å². The van der Waals surface area contributed by atoms with Gasteiger partial charge < -0.3 is 10.1 Å². The van der Waals surface area contributed by atoms with E-state index in [2.05, 4.69) is 12.2 Å². The number of unbranched alkanes of at least 4 members (excludes halogenated alkanes) is 4. The highest BCUT2D eigenvalue weighted by molar-refractivity contribution is 5.98. The Hall–Kier alpha value is -2.05. The Morgan fingerprint density at radius 3 is 2.40 bits per heavy atom. The van der Waals surface area contributed by atoms with Crippen molar-refractivity contribution in [3.63, 3.8) is 0 Å². The molecule has 0 aromatic heterocycles. The summed E-state index contributed by atoms with van der Waals surface area (Å²) < 4.78 is 43.8.